The van der Waals surface area contributed by atoms with Crippen LogP contribution in [0.15, 0.2) is 36.9 Å². The van der Waals surface area contributed by atoms with Gasteiger partial charge in [0.1, 0.15) is 0 Å². The van der Waals surface area contributed by atoms with Gasteiger partial charge in [-0.05, 0) is 30.0 Å². The number of carbonyl (C=O) groups is 2. The van der Waals surface area contributed by atoms with Crippen LogP contribution in [0.3, 0.4) is 0 Å². The minimum Gasteiger partial charge on any atom is -0.351 e. The molecule has 1 aliphatic carbocycles. The van der Waals surface area contributed by atoms with Crippen LogP contribution in [0.4, 0.5) is 0 Å². The van der Waals surface area contributed by atoms with Gasteiger partial charge in [-0.1, -0.05) is 29.8 Å². The lowest BCUT2D eigenvalue weighted by Gasteiger charge is -2.08. The number of nitrogens with zero attached hydrogens (tertiary/aromatic N) is 1. The molecule has 1 amide bonds. The topological polar surface area (TPSA) is 70.0 Å². The van der Waals surface area contributed by atoms with Crippen molar-refractivity contribution >= 4 is 23.3 Å². The van der Waals surface area contributed by atoms with E-state index in [4.69, 9.17) is 16.9 Å². The number of nitrogens with one attached hydrogen (secondary N) is 1. The summed E-state index contributed by atoms with van der Waals surface area (Å²) in [7, 11) is 0. The van der Waals surface area contributed by atoms with Crippen LogP contribution in [0, 0.1) is 23.2 Å². The largest absolute Gasteiger partial charge is 0.351 e. The molecular weight excluding hydrogens is 288 g/mol. The number of Topliss-reactive ketones (excluding diaryl/α,β-unsaturated/α-hetero) is 1. The highest BCUT2D eigenvalue weighted by Gasteiger charge is 2.47. The van der Waals surface area contributed by atoms with Gasteiger partial charge < -0.3 is 5.32 Å². The molecule has 1 aromatic carbocycles. The maximum absolute atomic E-state index is 12.3. The summed E-state index contributed by atoms with van der Waals surface area (Å²) in [5, 5.41) is 12.2. The fourth-order valence-corrected chi connectivity index (χ4v) is 2.45. The summed E-state index contributed by atoms with van der Waals surface area (Å²) < 4.78 is 0. The number of rotatable bonds is 6. The molecule has 5 heteroatoms. The highest BCUT2D eigenvalue weighted by Crippen LogP contribution is 2.49. The van der Waals surface area contributed by atoms with Crippen LogP contribution in [0.25, 0.3) is 0 Å². The van der Waals surface area contributed by atoms with E-state index in [1.54, 1.807) is 18.2 Å². The van der Waals surface area contributed by atoms with Gasteiger partial charge in [-0.2, -0.15) is 5.26 Å². The molecule has 0 bridgehead atoms. The van der Waals surface area contributed by atoms with Gasteiger partial charge in [0.25, 0.3) is 0 Å². The van der Waals surface area contributed by atoms with Gasteiger partial charge in [-0.3, -0.25) is 9.59 Å². The molecule has 108 valence electrons. The number of halogens is 1. The Morgan fingerprint density at radius 1 is 1.48 bits per heavy atom. The summed E-state index contributed by atoms with van der Waals surface area (Å²) >= 11 is 5.83. The first-order valence-electron chi connectivity index (χ1n) is 6.66. The van der Waals surface area contributed by atoms with Crippen LogP contribution in [0.5, 0.6) is 0 Å². The molecule has 2 rings (SSSR count). The predicted molar refractivity (Wildman–Crippen MR) is 79.6 cm³/mol. The maximum Gasteiger partial charge on any atom is 0.245 e. The number of benzene rings is 1. The summed E-state index contributed by atoms with van der Waals surface area (Å²) in [4.78, 5) is 24.0. The van der Waals surface area contributed by atoms with Crippen LogP contribution in [-0.4, -0.2) is 18.2 Å². The molecular formula is C16H15ClN2O2. The van der Waals surface area contributed by atoms with E-state index in [9.17, 15) is 9.59 Å². The van der Waals surface area contributed by atoms with Crippen molar-refractivity contribution in [2.45, 2.75) is 12.3 Å². The van der Waals surface area contributed by atoms with Crippen molar-refractivity contribution in [2.75, 3.05) is 6.54 Å². The molecule has 0 aliphatic heterocycles. The Balaban J connectivity index is 2.01. The third kappa shape index (κ3) is 3.50. The molecule has 1 aromatic rings. The summed E-state index contributed by atoms with van der Waals surface area (Å²) in [6.45, 7) is 3.72. The molecule has 0 saturated heterocycles. The zero-order valence-electron chi connectivity index (χ0n) is 11.4. The van der Waals surface area contributed by atoms with Gasteiger partial charge in [-0.15, -0.1) is 6.58 Å². The minimum absolute atomic E-state index is 0.0813. The van der Waals surface area contributed by atoms with Crippen molar-refractivity contribution in [3.8, 4) is 6.07 Å². The van der Waals surface area contributed by atoms with Crippen molar-refractivity contribution in [1.82, 2.24) is 5.32 Å². The third-order valence-corrected chi connectivity index (χ3v) is 3.80. The molecule has 0 heterocycles. The first kappa shape index (κ1) is 15.3. The first-order chi connectivity index (χ1) is 10.1. The average Bonchev–Trinajstić information content (AvgIpc) is 3.27. The smallest absolute Gasteiger partial charge is 0.245 e. The highest BCUT2D eigenvalue weighted by atomic mass is 35.5. The van der Waals surface area contributed by atoms with E-state index in [0.717, 1.165) is 5.56 Å². The molecule has 0 spiro atoms. The Morgan fingerprint density at radius 2 is 2.14 bits per heavy atom. The normalized spacial score (nSPS) is 21.0. The van der Waals surface area contributed by atoms with E-state index in [-0.39, 0.29) is 24.2 Å². The maximum atomic E-state index is 12.3. The minimum atomic E-state index is -1.24. The van der Waals surface area contributed by atoms with Crippen LogP contribution in [-0.2, 0) is 9.59 Å². The molecule has 0 aromatic heterocycles. The zero-order chi connectivity index (χ0) is 15.4. The van der Waals surface area contributed by atoms with Gasteiger partial charge >= 0.3 is 0 Å². The van der Waals surface area contributed by atoms with Gasteiger partial charge in [0.2, 0.25) is 5.91 Å². The van der Waals surface area contributed by atoms with E-state index in [2.05, 4.69) is 11.9 Å². The number of nitriles is 1. The van der Waals surface area contributed by atoms with Gasteiger partial charge in [0.05, 0.1) is 6.07 Å². The Bertz CT molecular complexity index is 604. The fraction of sp³-hybridized carbons (Fsp3) is 0.312. The highest BCUT2D eigenvalue weighted by molar-refractivity contribution is 6.30. The molecule has 4 nitrogen and oxygen atoms in total. The van der Waals surface area contributed by atoms with Crippen LogP contribution < -0.4 is 5.32 Å². The van der Waals surface area contributed by atoms with E-state index in [1.807, 2.05) is 12.1 Å². The fourth-order valence-electron chi connectivity index (χ4n) is 2.33. The molecule has 1 fully saturated rings. The Labute approximate surface area is 128 Å². The van der Waals surface area contributed by atoms with Crippen molar-refractivity contribution in [3.63, 3.8) is 0 Å². The molecule has 1 N–H and O–H groups in total. The molecule has 1 aliphatic rings. The van der Waals surface area contributed by atoms with Gasteiger partial charge in [0, 0.05) is 17.5 Å². The Morgan fingerprint density at radius 3 is 2.71 bits per heavy atom. The molecule has 0 radical (unpaired) electrons. The SMILES string of the molecule is C=CCNC(=O)[C@H](C#N)C(=O)[C@H]1C[C@H]1c1ccc(Cl)cc1. The summed E-state index contributed by atoms with van der Waals surface area (Å²) in [5.74, 6) is -2.28. The lowest BCUT2D eigenvalue weighted by atomic mass is 9.98. The number of amides is 1. The monoisotopic (exact) mass is 302 g/mol. The second kappa shape index (κ2) is 6.55. The van der Waals surface area contributed by atoms with Gasteiger partial charge in [0.15, 0.2) is 11.7 Å². The molecule has 3 atom stereocenters. The van der Waals surface area contributed by atoms with E-state index in [0.29, 0.717) is 11.4 Å². The summed E-state index contributed by atoms with van der Waals surface area (Å²) in [6.07, 6.45) is 2.18. The lowest BCUT2D eigenvalue weighted by molar-refractivity contribution is -0.132. The lowest BCUT2D eigenvalue weighted by Crippen LogP contribution is -2.35. The van der Waals surface area contributed by atoms with Crippen LogP contribution in [0.1, 0.15) is 17.9 Å². The summed E-state index contributed by atoms with van der Waals surface area (Å²) in [6, 6.07) is 9.09. The standard InChI is InChI=1S/C16H15ClN2O2/c1-2-7-19-16(21)14(9-18)15(20)13-8-12(13)10-3-5-11(17)6-4-10/h2-6,12-14H,1,7-8H2,(H,19,21)/t12-,13-,14+/m0/s1. The molecule has 1 saturated carbocycles. The second-order valence-corrected chi connectivity index (χ2v) is 5.43. The van der Waals surface area contributed by atoms with Crippen molar-refractivity contribution in [2.24, 2.45) is 11.8 Å². The van der Waals surface area contributed by atoms with Crippen LogP contribution in [0.2, 0.25) is 5.02 Å². The number of carbonyl (C=O) groups excluding carboxylic acids is 2. The average molecular weight is 303 g/mol. The number of ketones is 1. The third-order valence-electron chi connectivity index (χ3n) is 3.55. The number of hydrogen-bond donors (Lipinski definition) is 1. The van der Waals surface area contributed by atoms with E-state index in [1.165, 1.54) is 6.08 Å². The molecule has 0 unspecified atom stereocenters. The quantitative estimate of drug-likeness (QED) is 0.648. The first-order valence-corrected chi connectivity index (χ1v) is 7.03. The number of hydrogen-bond acceptors (Lipinski definition) is 3. The molecule has 21 heavy (non-hydrogen) atoms. The zero-order valence-corrected chi connectivity index (χ0v) is 12.1. The van der Waals surface area contributed by atoms with E-state index < -0.39 is 11.8 Å². The Hall–Kier alpha value is -2.12. The Kier molecular flexibility index (Phi) is 4.77. The van der Waals surface area contributed by atoms with E-state index >= 15 is 0 Å². The summed E-state index contributed by atoms with van der Waals surface area (Å²) in [5.41, 5.74) is 1.01. The van der Waals surface area contributed by atoms with Crippen molar-refractivity contribution in [3.05, 3.63) is 47.5 Å². The van der Waals surface area contributed by atoms with Crippen LogP contribution >= 0.6 is 11.6 Å². The van der Waals surface area contributed by atoms with Crippen molar-refractivity contribution < 1.29 is 9.59 Å². The van der Waals surface area contributed by atoms with Gasteiger partial charge in [-0.25, -0.2) is 0 Å². The second-order valence-electron chi connectivity index (χ2n) is 5.00. The van der Waals surface area contributed by atoms with Crippen molar-refractivity contribution in [1.29, 1.82) is 5.26 Å². The predicted octanol–water partition coefficient (Wildman–Crippen LogP) is 2.45.